The van der Waals surface area contributed by atoms with Crippen LogP contribution in [0.5, 0.6) is 0 Å². The van der Waals surface area contributed by atoms with Crippen LogP contribution in [0.1, 0.15) is 11.5 Å². The summed E-state index contributed by atoms with van der Waals surface area (Å²) in [5.41, 5.74) is 3.95. The van der Waals surface area contributed by atoms with Gasteiger partial charge in [0, 0.05) is 5.56 Å². The molecule has 0 radical (unpaired) electrons. The lowest BCUT2D eigenvalue weighted by molar-refractivity contribution is 1.14. The SMILES string of the molecule is Cc1nc(C#N)c(-c2ccc3nc[nH]c3c2)[nH]1. The van der Waals surface area contributed by atoms with Crippen LogP contribution in [0.3, 0.4) is 0 Å². The Kier molecular flexibility index (Phi) is 1.95. The van der Waals surface area contributed by atoms with E-state index in [0.717, 1.165) is 28.1 Å². The van der Waals surface area contributed by atoms with Crippen LogP contribution in [0.15, 0.2) is 24.5 Å². The van der Waals surface area contributed by atoms with Crippen molar-refractivity contribution in [2.75, 3.05) is 0 Å². The summed E-state index contributed by atoms with van der Waals surface area (Å²) in [6.45, 7) is 1.83. The van der Waals surface area contributed by atoms with Crippen LogP contribution in [0.2, 0.25) is 0 Å². The minimum atomic E-state index is 0.418. The number of nitrogens with one attached hydrogen (secondary N) is 2. The first-order chi connectivity index (χ1) is 8.28. The maximum atomic E-state index is 9.01. The van der Waals surface area contributed by atoms with E-state index in [9.17, 15) is 0 Å². The smallest absolute Gasteiger partial charge is 0.166 e. The molecule has 0 bridgehead atoms. The van der Waals surface area contributed by atoms with Gasteiger partial charge in [-0.1, -0.05) is 6.07 Å². The number of nitrogens with zero attached hydrogens (tertiary/aromatic N) is 3. The Morgan fingerprint density at radius 1 is 1.35 bits per heavy atom. The summed E-state index contributed by atoms with van der Waals surface area (Å²) in [6, 6.07) is 7.89. The highest BCUT2D eigenvalue weighted by molar-refractivity contribution is 5.81. The summed E-state index contributed by atoms with van der Waals surface area (Å²) < 4.78 is 0. The van der Waals surface area contributed by atoms with Crippen molar-refractivity contribution in [1.29, 1.82) is 5.26 Å². The first-order valence-corrected chi connectivity index (χ1v) is 5.18. The van der Waals surface area contributed by atoms with E-state index < -0.39 is 0 Å². The fourth-order valence-electron chi connectivity index (χ4n) is 1.87. The lowest BCUT2D eigenvalue weighted by Crippen LogP contribution is -1.82. The molecule has 2 heterocycles. The number of hydrogen-bond acceptors (Lipinski definition) is 3. The Morgan fingerprint density at radius 2 is 2.24 bits per heavy atom. The van der Waals surface area contributed by atoms with E-state index >= 15 is 0 Å². The number of aryl methyl sites for hydroxylation is 1. The molecule has 82 valence electrons. The Morgan fingerprint density at radius 3 is 3.06 bits per heavy atom. The standard InChI is InChI=1S/C12H9N5/c1-7-16-11(5-13)12(17-7)8-2-3-9-10(4-8)15-6-14-9/h2-4,6H,1H3,(H,14,15)(H,16,17). The molecule has 0 aliphatic carbocycles. The van der Waals surface area contributed by atoms with E-state index in [1.54, 1.807) is 6.33 Å². The van der Waals surface area contributed by atoms with E-state index in [1.807, 2.05) is 25.1 Å². The number of H-pyrrole nitrogens is 2. The molecule has 0 atom stereocenters. The number of rotatable bonds is 1. The van der Waals surface area contributed by atoms with Gasteiger partial charge in [-0.25, -0.2) is 9.97 Å². The molecular formula is C12H9N5. The summed E-state index contributed by atoms with van der Waals surface area (Å²) in [7, 11) is 0. The number of hydrogen-bond donors (Lipinski definition) is 2. The highest BCUT2D eigenvalue weighted by atomic mass is 14.9. The molecule has 0 spiro atoms. The molecule has 3 aromatic rings. The summed E-state index contributed by atoms with van der Waals surface area (Å²) in [6.07, 6.45) is 1.65. The molecule has 0 aliphatic heterocycles. The first-order valence-electron chi connectivity index (χ1n) is 5.18. The van der Waals surface area contributed by atoms with Crippen LogP contribution in [0.4, 0.5) is 0 Å². The molecule has 0 unspecified atom stereocenters. The highest BCUT2D eigenvalue weighted by Gasteiger charge is 2.10. The minimum absolute atomic E-state index is 0.418. The van der Waals surface area contributed by atoms with Crippen molar-refractivity contribution in [2.45, 2.75) is 6.92 Å². The number of nitriles is 1. The topological polar surface area (TPSA) is 81.2 Å². The van der Waals surface area contributed by atoms with Crippen LogP contribution in [-0.2, 0) is 0 Å². The van der Waals surface area contributed by atoms with Crippen molar-refractivity contribution in [3.05, 3.63) is 36.0 Å². The van der Waals surface area contributed by atoms with Crippen molar-refractivity contribution in [1.82, 2.24) is 19.9 Å². The molecule has 2 aromatic heterocycles. The molecule has 1 aromatic carbocycles. The van der Waals surface area contributed by atoms with Gasteiger partial charge in [0.25, 0.3) is 0 Å². The molecule has 5 heteroatoms. The van der Waals surface area contributed by atoms with Gasteiger partial charge in [-0.05, 0) is 19.1 Å². The highest BCUT2D eigenvalue weighted by Crippen LogP contribution is 2.24. The molecule has 17 heavy (non-hydrogen) atoms. The van der Waals surface area contributed by atoms with E-state index in [2.05, 4.69) is 26.0 Å². The van der Waals surface area contributed by atoms with E-state index in [-0.39, 0.29) is 0 Å². The van der Waals surface area contributed by atoms with Crippen LogP contribution in [0, 0.1) is 18.3 Å². The number of benzene rings is 1. The zero-order valence-electron chi connectivity index (χ0n) is 9.15. The quantitative estimate of drug-likeness (QED) is 0.663. The molecule has 5 nitrogen and oxygen atoms in total. The molecule has 0 saturated carbocycles. The average molecular weight is 223 g/mol. The van der Waals surface area contributed by atoms with Crippen LogP contribution in [-0.4, -0.2) is 19.9 Å². The molecule has 0 aliphatic rings. The Labute approximate surface area is 97.2 Å². The van der Waals surface area contributed by atoms with Gasteiger partial charge in [0.1, 0.15) is 11.9 Å². The van der Waals surface area contributed by atoms with Crippen molar-refractivity contribution in [3.63, 3.8) is 0 Å². The average Bonchev–Trinajstić information content (AvgIpc) is 2.93. The molecule has 0 amide bonds. The lowest BCUT2D eigenvalue weighted by atomic mass is 10.1. The van der Waals surface area contributed by atoms with Gasteiger partial charge in [-0.15, -0.1) is 0 Å². The second kappa shape index (κ2) is 3.46. The molecule has 0 saturated heterocycles. The van der Waals surface area contributed by atoms with E-state index in [0.29, 0.717) is 5.69 Å². The number of fused-ring (bicyclic) bond motifs is 1. The predicted molar refractivity (Wildman–Crippen MR) is 63.1 cm³/mol. The second-order valence-corrected chi connectivity index (χ2v) is 3.79. The van der Waals surface area contributed by atoms with E-state index in [1.165, 1.54) is 0 Å². The van der Waals surface area contributed by atoms with Crippen LogP contribution < -0.4 is 0 Å². The fourth-order valence-corrected chi connectivity index (χ4v) is 1.87. The van der Waals surface area contributed by atoms with Crippen molar-refractivity contribution in [2.24, 2.45) is 0 Å². The van der Waals surface area contributed by atoms with Crippen molar-refractivity contribution in [3.8, 4) is 17.3 Å². The van der Waals surface area contributed by atoms with Gasteiger partial charge in [-0.3, -0.25) is 0 Å². The summed E-state index contributed by atoms with van der Waals surface area (Å²) >= 11 is 0. The van der Waals surface area contributed by atoms with Gasteiger partial charge in [-0.2, -0.15) is 5.26 Å². The zero-order chi connectivity index (χ0) is 11.8. The lowest BCUT2D eigenvalue weighted by Gasteiger charge is -1.98. The van der Waals surface area contributed by atoms with Gasteiger partial charge < -0.3 is 9.97 Å². The number of imidazole rings is 2. The van der Waals surface area contributed by atoms with Crippen LogP contribution >= 0.6 is 0 Å². The molecule has 2 N–H and O–H groups in total. The monoisotopic (exact) mass is 223 g/mol. The minimum Gasteiger partial charge on any atom is -0.345 e. The first kappa shape index (κ1) is 9.60. The second-order valence-electron chi connectivity index (χ2n) is 3.79. The number of aromatic nitrogens is 4. The Hall–Kier alpha value is -2.61. The van der Waals surface area contributed by atoms with Gasteiger partial charge >= 0.3 is 0 Å². The maximum absolute atomic E-state index is 9.01. The van der Waals surface area contributed by atoms with Crippen molar-refractivity contribution >= 4 is 11.0 Å². The van der Waals surface area contributed by atoms with E-state index in [4.69, 9.17) is 5.26 Å². The number of aromatic amines is 2. The zero-order valence-corrected chi connectivity index (χ0v) is 9.15. The van der Waals surface area contributed by atoms with Gasteiger partial charge in [0.15, 0.2) is 5.69 Å². The maximum Gasteiger partial charge on any atom is 0.166 e. The molecular weight excluding hydrogens is 214 g/mol. The summed E-state index contributed by atoms with van der Waals surface area (Å²) in [5, 5.41) is 9.01. The third kappa shape index (κ3) is 1.47. The summed E-state index contributed by atoms with van der Waals surface area (Å²) in [5.74, 6) is 0.737. The fraction of sp³-hybridized carbons (Fsp3) is 0.0833. The van der Waals surface area contributed by atoms with Crippen LogP contribution in [0.25, 0.3) is 22.3 Å². The Balaban J connectivity index is 2.23. The van der Waals surface area contributed by atoms with Gasteiger partial charge in [0.05, 0.1) is 23.1 Å². The normalized spacial score (nSPS) is 10.6. The predicted octanol–water partition coefficient (Wildman–Crippen LogP) is 2.13. The van der Waals surface area contributed by atoms with Crippen molar-refractivity contribution < 1.29 is 0 Å². The molecule has 3 rings (SSSR count). The third-order valence-corrected chi connectivity index (χ3v) is 2.64. The Bertz CT molecular complexity index is 729. The molecule has 0 fully saturated rings. The summed E-state index contributed by atoms with van der Waals surface area (Å²) in [4.78, 5) is 14.4. The largest absolute Gasteiger partial charge is 0.345 e. The third-order valence-electron chi connectivity index (χ3n) is 2.64. The van der Waals surface area contributed by atoms with Gasteiger partial charge in [0.2, 0.25) is 0 Å².